The number of imidazole rings is 1. The second-order valence-corrected chi connectivity index (χ2v) is 5.98. The van der Waals surface area contributed by atoms with Crippen LogP contribution in [0.25, 0.3) is 11.0 Å². The largest absolute Gasteiger partial charge is 0.330 e. The van der Waals surface area contributed by atoms with Crippen molar-refractivity contribution in [2.75, 3.05) is 0 Å². The maximum absolute atomic E-state index is 5.55. The molecule has 0 saturated heterocycles. The normalized spacial score (nSPS) is 24.6. The molecule has 1 fully saturated rings. The third-order valence-electron chi connectivity index (χ3n) is 4.36. The molecule has 2 nitrogen and oxygen atoms in total. The van der Waals surface area contributed by atoms with E-state index >= 15 is 0 Å². The Hall–Kier alpha value is -1.09. The first kappa shape index (κ1) is 12.0. The maximum atomic E-state index is 5.55. The number of fused-ring (bicyclic) bond motifs is 1. The Morgan fingerprint density at radius 3 is 2.83 bits per heavy atom. The van der Waals surface area contributed by atoms with Gasteiger partial charge >= 0.3 is 0 Å². The zero-order chi connectivity index (χ0) is 12.7. The number of aromatic amines is 1. The summed E-state index contributed by atoms with van der Waals surface area (Å²) < 4.78 is 3.25. The van der Waals surface area contributed by atoms with Crippen molar-refractivity contribution in [1.29, 1.82) is 0 Å². The highest BCUT2D eigenvalue weighted by molar-refractivity contribution is 7.71. The molecule has 1 aliphatic rings. The number of H-pyrrole nitrogens is 1. The molecular weight excluding hydrogens is 240 g/mol. The Morgan fingerprint density at radius 2 is 2.06 bits per heavy atom. The first-order chi connectivity index (χ1) is 8.68. The van der Waals surface area contributed by atoms with Crippen molar-refractivity contribution in [3.05, 3.63) is 28.5 Å². The summed E-state index contributed by atoms with van der Waals surface area (Å²) in [5.41, 5.74) is 3.76. The highest BCUT2D eigenvalue weighted by Crippen LogP contribution is 2.36. The lowest BCUT2D eigenvalue weighted by Crippen LogP contribution is -2.21. The summed E-state index contributed by atoms with van der Waals surface area (Å²) in [6.07, 6.45) is 5.28. The molecule has 2 aromatic rings. The van der Waals surface area contributed by atoms with Crippen LogP contribution in [0.15, 0.2) is 18.2 Å². The van der Waals surface area contributed by atoms with Crippen LogP contribution < -0.4 is 0 Å². The van der Waals surface area contributed by atoms with Crippen LogP contribution in [-0.4, -0.2) is 9.55 Å². The number of benzene rings is 1. The van der Waals surface area contributed by atoms with E-state index in [4.69, 9.17) is 12.2 Å². The highest BCUT2D eigenvalue weighted by Gasteiger charge is 2.24. The fourth-order valence-electron chi connectivity index (χ4n) is 3.30. The maximum Gasteiger partial charge on any atom is 0.178 e. The predicted molar refractivity (Wildman–Crippen MR) is 78.5 cm³/mol. The Labute approximate surface area is 113 Å². The number of hydrogen-bond donors (Lipinski definition) is 1. The number of hydrogen-bond acceptors (Lipinski definition) is 1. The lowest BCUT2D eigenvalue weighted by atomic mass is 9.85. The van der Waals surface area contributed by atoms with Gasteiger partial charge in [0.15, 0.2) is 4.77 Å². The van der Waals surface area contributed by atoms with E-state index in [0.29, 0.717) is 6.04 Å². The van der Waals surface area contributed by atoms with Gasteiger partial charge in [0.2, 0.25) is 0 Å². The monoisotopic (exact) mass is 260 g/mol. The van der Waals surface area contributed by atoms with Crippen molar-refractivity contribution >= 4 is 23.3 Å². The Balaban J connectivity index is 2.19. The number of rotatable bonds is 1. The van der Waals surface area contributed by atoms with E-state index in [0.717, 1.165) is 10.7 Å². The fraction of sp³-hybridized carbons (Fsp3) is 0.533. The van der Waals surface area contributed by atoms with Gasteiger partial charge in [0.25, 0.3) is 0 Å². The first-order valence-electron chi connectivity index (χ1n) is 6.88. The molecule has 96 valence electrons. The van der Waals surface area contributed by atoms with E-state index in [1.807, 2.05) is 0 Å². The highest BCUT2D eigenvalue weighted by atomic mass is 32.1. The van der Waals surface area contributed by atoms with E-state index in [2.05, 4.69) is 41.6 Å². The fourth-order valence-corrected chi connectivity index (χ4v) is 3.64. The summed E-state index contributed by atoms with van der Waals surface area (Å²) in [4.78, 5) is 3.39. The molecule has 1 saturated carbocycles. The molecule has 1 aromatic heterocycles. The summed E-state index contributed by atoms with van der Waals surface area (Å²) >= 11 is 5.55. The molecule has 1 heterocycles. The SMILES string of the molecule is Cc1cccc2c1[nH]c(=S)n2C1CCCCC1C. The van der Waals surface area contributed by atoms with Gasteiger partial charge in [0.1, 0.15) is 0 Å². The standard InChI is InChI=1S/C15H20N2S/c1-10-6-3-4-8-12(10)17-13-9-5-7-11(2)14(13)16-15(17)18/h5,7,9-10,12H,3-4,6,8H2,1-2H3,(H,16,18). The Kier molecular flexibility index (Phi) is 3.02. The molecule has 0 aliphatic heterocycles. The van der Waals surface area contributed by atoms with Crippen molar-refractivity contribution in [2.45, 2.75) is 45.6 Å². The number of para-hydroxylation sites is 1. The minimum absolute atomic E-state index is 0.571. The average Bonchev–Trinajstić information content (AvgIpc) is 2.68. The number of aryl methyl sites for hydroxylation is 1. The summed E-state index contributed by atoms with van der Waals surface area (Å²) in [5.74, 6) is 0.727. The Morgan fingerprint density at radius 1 is 1.28 bits per heavy atom. The van der Waals surface area contributed by atoms with Crippen LogP contribution in [0.5, 0.6) is 0 Å². The summed E-state index contributed by atoms with van der Waals surface area (Å²) in [5, 5.41) is 0. The Bertz CT molecular complexity index is 623. The molecule has 0 amide bonds. The molecule has 1 N–H and O–H groups in total. The second kappa shape index (κ2) is 4.54. The van der Waals surface area contributed by atoms with Gasteiger partial charge in [0.05, 0.1) is 11.0 Å². The minimum atomic E-state index is 0.571. The summed E-state index contributed by atoms with van der Waals surface area (Å²) in [7, 11) is 0. The lowest BCUT2D eigenvalue weighted by Gasteiger charge is -2.30. The number of nitrogens with one attached hydrogen (secondary N) is 1. The van der Waals surface area contributed by atoms with Crippen molar-refractivity contribution in [3.8, 4) is 0 Å². The number of aromatic nitrogens is 2. The van der Waals surface area contributed by atoms with Gasteiger partial charge in [-0.2, -0.15) is 0 Å². The summed E-state index contributed by atoms with van der Waals surface area (Å²) in [6.45, 7) is 4.50. The van der Waals surface area contributed by atoms with E-state index in [1.165, 1.54) is 42.3 Å². The van der Waals surface area contributed by atoms with Gasteiger partial charge in [-0.25, -0.2) is 0 Å². The van der Waals surface area contributed by atoms with E-state index < -0.39 is 0 Å². The molecule has 0 radical (unpaired) electrons. The van der Waals surface area contributed by atoms with Crippen LogP contribution in [0.1, 0.15) is 44.2 Å². The molecule has 0 spiro atoms. The van der Waals surface area contributed by atoms with Crippen LogP contribution >= 0.6 is 12.2 Å². The summed E-state index contributed by atoms with van der Waals surface area (Å²) in [6, 6.07) is 7.03. The molecule has 18 heavy (non-hydrogen) atoms. The molecule has 1 aliphatic carbocycles. The van der Waals surface area contributed by atoms with E-state index in [1.54, 1.807) is 0 Å². The van der Waals surface area contributed by atoms with Crippen LogP contribution in [0.4, 0.5) is 0 Å². The van der Waals surface area contributed by atoms with Crippen molar-refractivity contribution in [3.63, 3.8) is 0 Å². The quantitative estimate of drug-likeness (QED) is 0.733. The topological polar surface area (TPSA) is 20.7 Å². The molecule has 3 heteroatoms. The lowest BCUT2D eigenvalue weighted by molar-refractivity contribution is 0.260. The van der Waals surface area contributed by atoms with Crippen LogP contribution in [0.2, 0.25) is 0 Å². The molecule has 2 unspecified atom stereocenters. The molecule has 0 bridgehead atoms. The predicted octanol–water partition coefficient (Wildman–Crippen LogP) is 4.76. The minimum Gasteiger partial charge on any atom is -0.330 e. The van der Waals surface area contributed by atoms with Crippen molar-refractivity contribution in [2.24, 2.45) is 5.92 Å². The van der Waals surface area contributed by atoms with Crippen LogP contribution in [0.3, 0.4) is 0 Å². The van der Waals surface area contributed by atoms with Crippen molar-refractivity contribution in [1.82, 2.24) is 9.55 Å². The second-order valence-electron chi connectivity index (χ2n) is 5.60. The smallest absolute Gasteiger partial charge is 0.178 e. The van der Waals surface area contributed by atoms with Crippen LogP contribution in [0, 0.1) is 17.6 Å². The van der Waals surface area contributed by atoms with Gasteiger partial charge in [-0.1, -0.05) is 31.9 Å². The molecular formula is C15H20N2S. The van der Waals surface area contributed by atoms with Gasteiger partial charge in [0, 0.05) is 6.04 Å². The molecule has 2 atom stereocenters. The average molecular weight is 260 g/mol. The van der Waals surface area contributed by atoms with Gasteiger partial charge in [-0.05, 0) is 49.5 Å². The van der Waals surface area contributed by atoms with E-state index in [9.17, 15) is 0 Å². The zero-order valence-corrected chi connectivity index (χ0v) is 11.9. The first-order valence-corrected chi connectivity index (χ1v) is 7.29. The van der Waals surface area contributed by atoms with Gasteiger partial charge < -0.3 is 9.55 Å². The third kappa shape index (κ3) is 1.81. The zero-order valence-electron chi connectivity index (χ0n) is 11.1. The van der Waals surface area contributed by atoms with Crippen molar-refractivity contribution < 1.29 is 0 Å². The third-order valence-corrected chi connectivity index (χ3v) is 4.66. The molecule has 1 aromatic carbocycles. The van der Waals surface area contributed by atoms with Gasteiger partial charge in [-0.15, -0.1) is 0 Å². The van der Waals surface area contributed by atoms with E-state index in [-0.39, 0.29) is 0 Å². The van der Waals surface area contributed by atoms with Gasteiger partial charge in [-0.3, -0.25) is 0 Å². The number of nitrogens with zero attached hydrogens (tertiary/aromatic N) is 1. The van der Waals surface area contributed by atoms with Crippen LogP contribution in [-0.2, 0) is 0 Å². The molecule has 3 rings (SSSR count).